The summed E-state index contributed by atoms with van der Waals surface area (Å²) in [4.78, 5) is 40.9. The highest BCUT2D eigenvalue weighted by molar-refractivity contribution is 6.21. The summed E-state index contributed by atoms with van der Waals surface area (Å²) >= 11 is 0. The second-order valence-corrected chi connectivity index (χ2v) is 5.97. The monoisotopic (exact) mass is 368 g/mol. The number of halogens is 3. The zero-order valence-corrected chi connectivity index (χ0v) is 13.6. The summed E-state index contributed by atoms with van der Waals surface area (Å²) in [5.41, 5.74) is 1.36. The fourth-order valence-electron chi connectivity index (χ4n) is 2.91. The molecule has 6 nitrogen and oxygen atoms in total. The number of carbonyl (C=O) groups excluding carboxylic acids is 3. The number of benzene rings is 1. The van der Waals surface area contributed by atoms with Gasteiger partial charge in [-0.25, -0.2) is 4.79 Å². The van der Waals surface area contributed by atoms with E-state index in [0.29, 0.717) is 29.5 Å². The maximum Gasteiger partial charge on any atom is 0.492 e. The average molecular weight is 368 g/mol. The van der Waals surface area contributed by atoms with Crippen molar-refractivity contribution in [2.75, 3.05) is 19.6 Å². The summed E-state index contributed by atoms with van der Waals surface area (Å²) in [6.07, 6.45) is -2.35. The van der Waals surface area contributed by atoms with Crippen LogP contribution in [-0.2, 0) is 9.63 Å². The van der Waals surface area contributed by atoms with Crippen molar-refractivity contribution in [3.8, 4) is 0 Å². The zero-order chi connectivity index (χ0) is 18.9. The third-order valence-corrected chi connectivity index (χ3v) is 4.17. The van der Waals surface area contributed by atoms with Gasteiger partial charge < -0.3 is 4.84 Å². The summed E-state index contributed by atoms with van der Waals surface area (Å²) in [5.74, 6) is -3.07. The second-order valence-electron chi connectivity index (χ2n) is 5.97. The van der Waals surface area contributed by atoms with Gasteiger partial charge in [0, 0.05) is 13.1 Å². The van der Waals surface area contributed by atoms with E-state index in [1.165, 1.54) is 0 Å². The molecule has 1 aromatic carbocycles. The number of imide groups is 1. The van der Waals surface area contributed by atoms with Crippen molar-refractivity contribution in [2.45, 2.75) is 19.0 Å². The van der Waals surface area contributed by atoms with E-state index in [-0.39, 0.29) is 19.6 Å². The fraction of sp³-hybridized carbons (Fsp3) is 0.353. The summed E-state index contributed by atoms with van der Waals surface area (Å²) in [5, 5.41) is 0.938. The molecule has 2 aliphatic heterocycles. The molecule has 0 saturated carbocycles. The van der Waals surface area contributed by atoms with Crippen LogP contribution in [0.2, 0.25) is 0 Å². The van der Waals surface area contributed by atoms with Crippen molar-refractivity contribution < 1.29 is 32.4 Å². The van der Waals surface area contributed by atoms with E-state index in [2.05, 4.69) is 4.84 Å². The van der Waals surface area contributed by atoms with Crippen molar-refractivity contribution in [3.63, 3.8) is 0 Å². The van der Waals surface area contributed by atoms with Gasteiger partial charge in [-0.1, -0.05) is 23.8 Å². The molecule has 3 rings (SSSR count). The summed E-state index contributed by atoms with van der Waals surface area (Å²) in [6.45, 7) is 0.208. The molecular formula is C17H15F3N2O4. The summed E-state index contributed by atoms with van der Waals surface area (Å²) in [7, 11) is 0. The lowest BCUT2D eigenvalue weighted by Gasteiger charge is -2.27. The molecule has 9 heteroatoms. The Morgan fingerprint density at radius 2 is 1.77 bits per heavy atom. The number of hydrogen-bond donors (Lipinski definition) is 0. The van der Waals surface area contributed by atoms with E-state index < -0.39 is 24.0 Å². The summed E-state index contributed by atoms with van der Waals surface area (Å²) in [6, 6.07) is 6.48. The Bertz CT molecular complexity index is 753. The molecule has 2 aliphatic rings. The highest BCUT2D eigenvalue weighted by Crippen LogP contribution is 2.24. The van der Waals surface area contributed by atoms with Crippen LogP contribution in [-0.4, -0.2) is 53.6 Å². The van der Waals surface area contributed by atoms with Crippen molar-refractivity contribution in [3.05, 3.63) is 47.0 Å². The van der Waals surface area contributed by atoms with E-state index in [0.717, 1.165) is 9.96 Å². The lowest BCUT2D eigenvalue weighted by atomic mass is 10.1. The van der Waals surface area contributed by atoms with Gasteiger partial charge >= 0.3 is 12.1 Å². The molecule has 1 saturated heterocycles. The van der Waals surface area contributed by atoms with Gasteiger partial charge in [0.1, 0.15) is 0 Å². The number of amides is 2. The van der Waals surface area contributed by atoms with E-state index in [1.807, 2.05) is 0 Å². The molecule has 138 valence electrons. The second kappa shape index (κ2) is 6.91. The zero-order valence-electron chi connectivity index (χ0n) is 13.6. The van der Waals surface area contributed by atoms with Crippen LogP contribution >= 0.6 is 0 Å². The highest BCUT2D eigenvalue weighted by Gasteiger charge is 2.43. The van der Waals surface area contributed by atoms with Crippen molar-refractivity contribution >= 4 is 17.8 Å². The maximum atomic E-state index is 12.3. The minimum Gasteiger partial charge on any atom is -0.360 e. The van der Waals surface area contributed by atoms with Crippen molar-refractivity contribution in [1.29, 1.82) is 0 Å². The lowest BCUT2D eigenvalue weighted by Crippen LogP contribution is -2.38. The predicted octanol–water partition coefficient (Wildman–Crippen LogP) is 2.33. The Kier molecular flexibility index (Phi) is 4.82. The largest absolute Gasteiger partial charge is 0.492 e. The molecule has 0 N–H and O–H groups in total. The molecule has 2 heterocycles. The molecule has 0 atom stereocenters. The SMILES string of the molecule is O=C1c2ccccc2C(=O)N1C/C=C1\CCCN(OC(=O)C(F)(F)F)C1. The number of piperidine rings is 1. The van der Waals surface area contributed by atoms with E-state index in [1.54, 1.807) is 30.3 Å². The number of nitrogens with zero attached hydrogens (tertiary/aromatic N) is 2. The first-order valence-electron chi connectivity index (χ1n) is 7.94. The first-order valence-corrected chi connectivity index (χ1v) is 7.94. The molecule has 2 amide bonds. The van der Waals surface area contributed by atoms with Gasteiger partial charge in [-0.2, -0.15) is 13.2 Å². The number of hydroxylamine groups is 2. The normalized spacial score (nSPS) is 19.8. The number of carbonyl (C=O) groups is 3. The average Bonchev–Trinajstić information content (AvgIpc) is 2.84. The molecule has 0 spiro atoms. The topological polar surface area (TPSA) is 66.9 Å². The Balaban J connectivity index is 1.63. The maximum absolute atomic E-state index is 12.3. The van der Waals surface area contributed by atoms with E-state index >= 15 is 0 Å². The Hall–Kier alpha value is -2.68. The molecule has 0 aromatic heterocycles. The van der Waals surface area contributed by atoms with Crippen LogP contribution in [0.15, 0.2) is 35.9 Å². The van der Waals surface area contributed by atoms with Gasteiger partial charge in [-0.3, -0.25) is 14.5 Å². The standard InChI is InChI=1S/C17H15F3N2O4/c18-17(19,20)16(25)26-21-8-3-4-11(10-21)7-9-22-14(23)12-5-1-2-6-13(12)15(22)24/h1-2,5-7H,3-4,8-10H2/b11-7+. The molecule has 0 bridgehead atoms. The molecular weight excluding hydrogens is 353 g/mol. The number of alkyl halides is 3. The quantitative estimate of drug-likeness (QED) is 0.605. The van der Waals surface area contributed by atoms with Crippen LogP contribution in [0.1, 0.15) is 33.6 Å². The van der Waals surface area contributed by atoms with Gasteiger partial charge in [0.15, 0.2) is 0 Å². The van der Waals surface area contributed by atoms with Gasteiger partial charge in [0.25, 0.3) is 11.8 Å². The fourth-order valence-corrected chi connectivity index (χ4v) is 2.91. The Labute approximate surface area is 146 Å². The molecule has 0 unspecified atom stereocenters. The van der Waals surface area contributed by atoms with E-state index in [4.69, 9.17) is 0 Å². The van der Waals surface area contributed by atoms with Crippen LogP contribution < -0.4 is 0 Å². The third-order valence-electron chi connectivity index (χ3n) is 4.17. The highest BCUT2D eigenvalue weighted by atomic mass is 19.4. The van der Waals surface area contributed by atoms with Gasteiger partial charge in [0.05, 0.1) is 17.7 Å². The van der Waals surface area contributed by atoms with Crippen LogP contribution in [0, 0.1) is 0 Å². The van der Waals surface area contributed by atoms with Crippen molar-refractivity contribution in [2.24, 2.45) is 0 Å². The lowest BCUT2D eigenvalue weighted by molar-refractivity contribution is -0.238. The van der Waals surface area contributed by atoms with Gasteiger partial charge in [0.2, 0.25) is 0 Å². The van der Waals surface area contributed by atoms with Crippen molar-refractivity contribution in [1.82, 2.24) is 9.96 Å². The summed E-state index contributed by atoms with van der Waals surface area (Å²) < 4.78 is 36.8. The van der Waals surface area contributed by atoms with Gasteiger partial charge in [-0.05, 0) is 25.0 Å². The predicted molar refractivity (Wildman–Crippen MR) is 82.8 cm³/mol. The Morgan fingerprint density at radius 1 is 1.15 bits per heavy atom. The molecule has 1 fully saturated rings. The number of hydrogen-bond acceptors (Lipinski definition) is 5. The molecule has 0 radical (unpaired) electrons. The smallest absolute Gasteiger partial charge is 0.360 e. The molecule has 26 heavy (non-hydrogen) atoms. The number of rotatable bonds is 3. The van der Waals surface area contributed by atoms with Crippen LogP contribution in [0.5, 0.6) is 0 Å². The van der Waals surface area contributed by atoms with Crippen LogP contribution in [0.4, 0.5) is 13.2 Å². The third kappa shape index (κ3) is 3.62. The number of fused-ring (bicyclic) bond motifs is 1. The van der Waals surface area contributed by atoms with E-state index in [9.17, 15) is 27.6 Å². The van der Waals surface area contributed by atoms with Crippen LogP contribution in [0.25, 0.3) is 0 Å². The Morgan fingerprint density at radius 3 is 2.35 bits per heavy atom. The minimum absolute atomic E-state index is 0.00495. The van der Waals surface area contributed by atoms with Gasteiger partial charge in [-0.15, -0.1) is 5.06 Å². The first kappa shape index (κ1) is 18.1. The van der Waals surface area contributed by atoms with Crippen LogP contribution in [0.3, 0.4) is 0 Å². The molecule has 1 aromatic rings. The first-order chi connectivity index (χ1) is 12.3. The molecule has 0 aliphatic carbocycles. The minimum atomic E-state index is -5.05.